The first kappa shape index (κ1) is 18.1. The topological polar surface area (TPSA) is 33.9 Å². The number of H-pyrrole nitrogens is 1. The van der Waals surface area contributed by atoms with Gasteiger partial charge >= 0.3 is 0 Å². The van der Waals surface area contributed by atoms with Crippen LogP contribution in [-0.4, -0.2) is 9.55 Å². The Morgan fingerprint density at radius 2 is 1.36 bits per heavy atom. The molecular weight excluding hydrogens is 404 g/mol. The van der Waals surface area contributed by atoms with E-state index in [1.54, 1.807) is 6.26 Å². The highest BCUT2D eigenvalue weighted by molar-refractivity contribution is 6.18. The van der Waals surface area contributed by atoms with E-state index in [9.17, 15) is 0 Å². The average Bonchev–Trinajstić information content (AvgIpc) is 3.60. The lowest BCUT2D eigenvalue weighted by molar-refractivity contribution is 0.582. The van der Waals surface area contributed by atoms with Crippen LogP contribution in [0.2, 0.25) is 0 Å². The van der Waals surface area contributed by atoms with E-state index in [0.29, 0.717) is 0 Å². The molecule has 156 valence electrons. The number of rotatable bonds is 3. The standard InChI is InChI=1S/C30H20N2O/c1-2-7-20(8-3-1)21-12-15-23(16-13-21)32-27-10-5-4-9-24(27)29-30(32)25-19-22(14-17-26(25)31-29)28-11-6-18-33-28/h1-19,31H. The first-order valence-corrected chi connectivity index (χ1v) is 11.1. The third kappa shape index (κ3) is 2.76. The smallest absolute Gasteiger partial charge is 0.133 e. The third-order valence-corrected chi connectivity index (χ3v) is 6.45. The second-order valence-electron chi connectivity index (χ2n) is 8.35. The van der Waals surface area contributed by atoms with E-state index in [0.717, 1.165) is 28.0 Å². The Balaban J connectivity index is 1.50. The molecule has 0 aliphatic carbocycles. The Hall–Kier alpha value is -4.50. The molecule has 0 unspecified atom stereocenters. The summed E-state index contributed by atoms with van der Waals surface area (Å²) >= 11 is 0. The molecule has 0 amide bonds. The van der Waals surface area contributed by atoms with Gasteiger partial charge in [0.2, 0.25) is 0 Å². The van der Waals surface area contributed by atoms with Gasteiger partial charge in [0.25, 0.3) is 0 Å². The first-order valence-electron chi connectivity index (χ1n) is 11.1. The van der Waals surface area contributed by atoms with Crippen LogP contribution in [0.3, 0.4) is 0 Å². The van der Waals surface area contributed by atoms with Crippen molar-refractivity contribution in [3.63, 3.8) is 0 Å². The van der Waals surface area contributed by atoms with Crippen molar-refractivity contribution in [1.82, 2.24) is 9.55 Å². The zero-order valence-corrected chi connectivity index (χ0v) is 17.8. The van der Waals surface area contributed by atoms with E-state index in [1.807, 2.05) is 12.1 Å². The fourth-order valence-corrected chi connectivity index (χ4v) is 4.90. The number of hydrogen-bond acceptors (Lipinski definition) is 1. The molecule has 3 heterocycles. The highest BCUT2D eigenvalue weighted by Crippen LogP contribution is 2.38. The van der Waals surface area contributed by atoms with Crippen molar-refractivity contribution in [3.8, 4) is 28.1 Å². The number of fused-ring (bicyclic) bond motifs is 5. The molecule has 33 heavy (non-hydrogen) atoms. The molecule has 1 N–H and O–H groups in total. The monoisotopic (exact) mass is 424 g/mol. The molecule has 0 aliphatic rings. The van der Waals surface area contributed by atoms with Crippen LogP contribution >= 0.6 is 0 Å². The lowest BCUT2D eigenvalue weighted by Crippen LogP contribution is -1.93. The molecule has 0 atom stereocenters. The first-order chi connectivity index (χ1) is 16.4. The molecule has 0 radical (unpaired) electrons. The second-order valence-corrected chi connectivity index (χ2v) is 8.35. The number of aromatic nitrogens is 2. The van der Waals surface area contributed by atoms with Crippen molar-refractivity contribution in [2.45, 2.75) is 0 Å². The summed E-state index contributed by atoms with van der Waals surface area (Å²) < 4.78 is 8.03. The largest absolute Gasteiger partial charge is 0.464 e. The summed E-state index contributed by atoms with van der Waals surface area (Å²) in [6, 6.07) is 38.3. The number of aromatic amines is 1. The second kappa shape index (κ2) is 7.01. The van der Waals surface area contributed by atoms with Crippen molar-refractivity contribution >= 4 is 32.8 Å². The van der Waals surface area contributed by atoms with Crippen molar-refractivity contribution in [3.05, 3.63) is 115 Å². The Morgan fingerprint density at radius 1 is 0.606 bits per heavy atom. The minimum atomic E-state index is 0.876. The molecule has 0 bridgehead atoms. The Kier molecular flexibility index (Phi) is 3.84. The van der Waals surface area contributed by atoms with Gasteiger partial charge in [-0.05, 0) is 59.7 Å². The summed E-state index contributed by atoms with van der Waals surface area (Å²) in [5.74, 6) is 0.876. The molecule has 0 fully saturated rings. The maximum absolute atomic E-state index is 5.67. The van der Waals surface area contributed by atoms with Gasteiger partial charge in [0.1, 0.15) is 5.76 Å². The number of benzene rings is 4. The van der Waals surface area contributed by atoms with E-state index in [4.69, 9.17) is 4.42 Å². The molecule has 0 spiro atoms. The Bertz CT molecular complexity index is 1730. The van der Waals surface area contributed by atoms with Gasteiger partial charge in [-0.15, -0.1) is 0 Å². The van der Waals surface area contributed by atoms with Gasteiger partial charge in [-0.2, -0.15) is 0 Å². The van der Waals surface area contributed by atoms with Crippen LogP contribution in [0.1, 0.15) is 0 Å². The summed E-state index contributed by atoms with van der Waals surface area (Å²) in [4.78, 5) is 3.67. The number of hydrogen-bond donors (Lipinski definition) is 1. The molecule has 3 aromatic heterocycles. The normalized spacial score (nSPS) is 11.6. The number of furan rings is 1. The lowest BCUT2D eigenvalue weighted by Gasteiger charge is -2.10. The van der Waals surface area contributed by atoms with Crippen molar-refractivity contribution in [1.29, 1.82) is 0 Å². The predicted octanol–water partition coefficient (Wildman–Crippen LogP) is 8.19. The van der Waals surface area contributed by atoms with Gasteiger partial charge in [0.05, 0.1) is 22.8 Å². The summed E-state index contributed by atoms with van der Waals surface area (Å²) in [6.07, 6.45) is 1.72. The molecule has 0 saturated heterocycles. The summed E-state index contributed by atoms with van der Waals surface area (Å²) in [7, 11) is 0. The SMILES string of the molecule is c1ccc(-c2ccc(-n3c4ccccc4c4[nH]c5ccc(-c6ccco6)cc5c43)cc2)cc1. The molecule has 0 saturated carbocycles. The van der Waals surface area contributed by atoms with Crippen LogP contribution in [0.15, 0.2) is 120 Å². The fraction of sp³-hybridized carbons (Fsp3) is 0. The van der Waals surface area contributed by atoms with Crippen molar-refractivity contribution in [2.24, 2.45) is 0 Å². The highest BCUT2D eigenvalue weighted by Gasteiger charge is 2.18. The summed E-state index contributed by atoms with van der Waals surface area (Å²) in [5, 5.41) is 2.40. The van der Waals surface area contributed by atoms with Gasteiger partial charge in [-0.25, -0.2) is 0 Å². The van der Waals surface area contributed by atoms with E-state index in [2.05, 4.69) is 107 Å². The quantitative estimate of drug-likeness (QED) is 0.305. The van der Waals surface area contributed by atoms with E-state index < -0.39 is 0 Å². The van der Waals surface area contributed by atoms with Crippen LogP contribution in [0, 0.1) is 0 Å². The van der Waals surface area contributed by atoms with Crippen LogP contribution < -0.4 is 0 Å². The van der Waals surface area contributed by atoms with Gasteiger partial charge in [-0.1, -0.05) is 60.7 Å². The molecule has 4 aromatic carbocycles. The van der Waals surface area contributed by atoms with Gasteiger partial charge in [0.15, 0.2) is 0 Å². The van der Waals surface area contributed by atoms with E-state index >= 15 is 0 Å². The Morgan fingerprint density at radius 3 is 2.18 bits per heavy atom. The zero-order chi connectivity index (χ0) is 21.8. The highest BCUT2D eigenvalue weighted by atomic mass is 16.3. The van der Waals surface area contributed by atoms with Crippen LogP contribution in [0.25, 0.3) is 61.0 Å². The molecule has 7 rings (SSSR count). The zero-order valence-electron chi connectivity index (χ0n) is 17.8. The molecule has 7 aromatic rings. The number of para-hydroxylation sites is 1. The number of nitrogens with zero attached hydrogens (tertiary/aromatic N) is 1. The molecule has 3 nitrogen and oxygen atoms in total. The van der Waals surface area contributed by atoms with E-state index in [-0.39, 0.29) is 0 Å². The number of nitrogens with one attached hydrogen (secondary N) is 1. The lowest BCUT2D eigenvalue weighted by atomic mass is 10.1. The third-order valence-electron chi connectivity index (χ3n) is 6.45. The maximum Gasteiger partial charge on any atom is 0.133 e. The van der Waals surface area contributed by atoms with Gasteiger partial charge in [-0.3, -0.25) is 0 Å². The minimum Gasteiger partial charge on any atom is -0.464 e. The van der Waals surface area contributed by atoms with Crippen LogP contribution in [-0.2, 0) is 0 Å². The minimum absolute atomic E-state index is 0.876. The molecule has 3 heteroatoms. The van der Waals surface area contributed by atoms with Crippen molar-refractivity contribution in [2.75, 3.05) is 0 Å². The molecular formula is C30H20N2O. The summed E-state index contributed by atoms with van der Waals surface area (Å²) in [6.45, 7) is 0. The average molecular weight is 425 g/mol. The van der Waals surface area contributed by atoms with Gasteiger partial charge in [0, 0.05) is 27.5 Å². The van der Waals surface area contributed by atoms with E-state index in [1.165, 1.54) is 32.9 Å². The fourth-order valence-electron chi connectivity index (χ4n) is 4.90. The molecule has 0 aliphatic heterocycles. The maximum atomic E-state index is 5.67. The van der Waals surface area contributed by atoms with Crippen LogP contribution in [0.4, 0.5) is 0 Å². The van der Waals surface area contributed by atoms with Gasteiger partial charge < -0.3 is 14.0 Å². The Labute approximate surface area is 190 Å². The van der Waals surface area contributed by atoms with Crippen molar-refractivity contribution < 1.29 is 4.42 Å². The summed E-state index contributed by atoms with van der Waals surface area (Å²) in [5.41, 5.74) is 9.31. The van der Waals surface area contributed by atoms with Crippen LogP contribution in [0.5, 0.6) is 0 Å². The predicted molar refractivity (Wildman–Crippen MR) is 136 cm³/mol.